The van der Waals surface area contributed by atoms with Gasteiger partial charge in [-0.25, -0.2) is 4.98 Å². The summed E-state index contributed by atoms with van der Waals surface area (Å²) in [6.07, 6.45) is 4.38. The lowest BCUT2D eigenvalue weighted by Crippen LogP contribution is -1.97. The smallest absolute Gasteiger partial charge is 0.179 e. The van der Waals surface area contributed by atoms with Gasteiger partial charge < -0.3 is 15.2 Å². The van der Waals surface area contributed by atoms with Crippen LogP contribution in [0.15, 0.2) is 12.5 Å². The molecule has 0 spiro atoms. The van der Waals surface area contributed by atoms with Crippen molar-refractivity contribution >= 4 is 23.4 Å². The molecule has 0 saturated carbocycles. The van der Waals surface area contributed by atoms with Crippen LogP contribution in [0.1, 0.15) is 16.6 Å². The average Bonchev–Trinajstić information content (AvgIpc) is 2.26. The molecule has 0 fully saturated rings. The first-order valence-corrected chi connectivity index (χ1v) is 4.64. The average molecular weight is 232 g/mol. The summed E-state index contributed by atoms with van der Waals surface area (Å²) < 4.78 is 30.8. The molecule has 4 nitrogen and oxygen atoms in total. The van der Waals surface area contributed by atoms with Crippen molar-refractivity contribution < 1.29 is 13.6 Å². The molecule has 0 unspecified atom stereocenters. The van der Waals surface area contributed by atoms with Gasteiger partial charge >= 0.3 is 0 Å². The van der Waals surface area contributed by atoms with Crippen molar-refractivity contribution in [2.75, 3.05) is 19.4 Å². The molecule has 0 aliphatic heterocycles. The number of nitrogen functional groups attached to an aromatic ring is 1. The molecule has 0 radical (unpaired) electrons. The third-order valence-electron chi connectivity index (χ3n) is 1.67. The third kappa shape index (κ3) is 2.76. The van der Waals surface area contributed by atoms with Gasteiger partial charge in [0.1, 0.15) is 0 Å². The van der Waals surface area contributed by atoms with E-state index in [0.717, 1.165) is 0 Å². The maximum Gasteiger partial charge on any atom is 0.179 e. The highest BCUT2D eigenvalue weighted by Crippen LogP contribution is 2.31. The topological polar surface area (TPSA) is 57.4 Å². The molecule has 1 aromatic heterocycles. The Bertz CT molecular complexity index is 449. The van der Waals surface area contributed by atoms with E-state index in [1.807, 2.05) is 6.92 Å². The minimum Gasteiger partial charge on any atom is -0.501 e. The molecule has 0 bridgehead atoms. The number of ether oxygens (including phenoxy) is 2. The van der Waals surface area contributed by atoms with E-state index in [0.29, 0.717) is 12.2 Å². The Kier molecular flexibility index (Phi) is 2.84. The number of rotatable bonds is 4. The maximum absolute atomic E-state index is 7.03. The number of nitrogens with zero attached hydrogens (tertiary/aromatic N) is 1. The van der Waals surface area contributed by atoms with Gasteiger partial charge in [-0.2, -0.15) is 0 Å². The predicted octanol–water partition coefficient (Wildman–Crippen LogP) is 2.33. The molecule has 0 aliphatic carbocycles. The molecule has 1 heterocycles. The second-order valence-corrected chi connectivity index (χ2v) is 2.97. The van der Waals surface area contributed by atoms with Gasteiger partial charge in [-0.3, -0.25) is 0 Å². The van der Waals surface area contributed by atoms with Gasteiger partial charge in [0.25, 0.3) is 0 Å². The van der Waals surface area contributed by atoms with Crippen molar-refractivity contribution in [1.82, 2.24) is 4.98 Å². The van der Waals surface area contributed by atoms with E-state index in [1.54, 1.807) is 6.08 Å². The van der Waals surface area contributed by atoms with E-state index in [9.17, 15) is 0 Å². The van der Waals surface area contributed by atoms with Crippen LogP contribution in [0.5, 0.6) is 5.75 Å². The normalized spacial score (nSPS) is 14.4. The first kappa shape index (κ1) is 7.82. The number of nitrogens with two attached hydrogens (primary N) is 1. The van der Waals surface area contributed by atoms with E-state index in [1.165, 1.54) is 12.5 Å². The summed E-state index contributed by atoms with van der Waals surface area (Å²) in [6.45, 7) is 2.34. The van der Waals surface area contributed by atoms with Crippen LogP contribution in [-0.2, 0) is 4.74 Å². The molecule has 1 rings (SSSR count). The van der Waals surface area contributed by atoms with Crippen molar-refractivity contribution in [3.63, 3.8) is 0 Å². The Morgan fingerprint density at radius 1 is 1.73 bits per heavy atom. The quantitative estimate of drug-likeness (QED) is 0.638. The van der Waals surface area contributed by atoms with Crippen molar-refractivity contribution in [3.05, 3.63) is 23.2 Å². The number of hydrogen-bond acceptors (Lipinski definition) is 4. The Morgan fingerprint density at radius 3 is 3.20 bits per heavy atom. The standard InChI is InChI=1S/C10H13ClN2O2/c1-3-15-5-4-7-6-13-10(11)9(14-2)8(7)12/h4-6H,3H2,1-2H3,(H2,12,13)/b5-4+/i2D3. The molecule has 15 heavy (non-hydrogen) atoms. The zero-order valence-corrected chi connectivity index (χ0v) is 8.91. The highest BCUT2D eigenvalue weighted by molar-refractivity contribution is 6.31. The van der Waals surface area contributed by atoms with Gasteiger partial charge in [0.15, 0.2) is 10.9 Å². The van der Waals surface area contributed by atoms with Crippen LogP contribution in [0.25, 0.3) is 6.08 Å². The number of methoxy groups -OCH3 is 1. The first-order chi connectivity index (χ1) is 8.35. The lowest BCUT2D eigenvalue weighted by atomic mass is 10.2. The predicted molar refractivity (Wildman–Crippen MR) is 60.9 cm³/mol. The third-order valence-corrected chi connectivity index (χ3v) is 1.94. The number of pyridine rings is 1. The molecule has 0 amide bonds. The van der Waals surface area contributed by atoms with Crippen LogP contribution in [0.4, 0.5) is 5.69 Å². The van der Waals surface area contributed by atoms with E-state index in [2.05, 4.69) is 4.98 Å². The fraction of sp³-hybridized carbons (Fsp3) is 0.300. The molecular formula is C10H13ClN2O2. The van der Waals surface area contributed by atoms with Crippen LogP contribution in [0.3, 0.4) is 0 Å². The van der Waals surface area contributed by atoms with E-state index in [4.69, 9.17) is 30.9 Å². The van der Waals surface area contributed by atoms with Gasteiger partial charge in [0.2, 0.25) is 0 Å². The minimum absolute atomic E-state index is 0.0991. The number of aromatic nitrogens is 1. The number of hydrogen-bond donors (Lipinski definition) is 1. The zero-order chi connectivity index (χ0) is 13.8. The van der Waals surface area contributed by atoms with Crippen LogP contribution in [0, 0.1) is 0 Å². The zero-order valence-electron chi connectivity index (χ0n) is 11.2. The Balaban J connectivity index is 3.07. The second-order valence-electron chi connectivity index (χ2n) is 2.61. The summed E-state index contributed by atoms with van der Waals surface area (Å²) in [7, 11) is -2.64. The molecular weight excluding hydrogens is 216 g/mol. The Labute approximate surface area is 97.9 Å². The summed E-state index contributed by atoms with van der Waals surface area (Å²) in [5.41, 5.74) is 6.33. The minimum atomic E-state index is -2.64. The number of halogens is 1. The first-order valence-electron chi connectivity index (χ1n) is 5.76. The van der Waals surface area contributed by atoms with Gasteiger partial charge in [0.05, 0.1) is 29.7 Å². The fourth-order valence-electron chi connectivity index (χ4n) is 0.944. The van der Waals surface area contributed by atoms with Gasteiger partial charge in [-0.1, -0.05) is 11.6 Å². The molecule has 1 aromatic rings. The largest absolute Gasteiger partial charge is 0.501 e. The lowest BCUT2D eigenvalue weighted by molar-refractivity contribution is 0.272. The number of anilines is 1. The van der Waals surface area contributed by atoms with Gasteiger partial charge in [0, 0.05) is 11.8 Å². The van der Waals surface area contributed by atoms with E-state index in [-0.39, 0.29) is 16.6 Å². The van der Waals surface area contributed by atoms with E-state index < -0.39 is 7.04 Å². The van der Waals surface area contributed by atoms with Crippen molar-refractivity contribution in [1.29, 1.82) is 0 Å². The molecule has 0 saturated heterocycles. The lowest BCUT2D eigenvalue weighted by Gasteiger charge is -2.07. The Morgan fingerprint density at radius 2 is 2.53 bits per heavy atom. The van der Waals surface area contributed by atoms with Crippen molar-refractivity contribution in [3.8, 4) is 5.75 Å². The highest BCUT2D eigenvalue weighted by Gasteiger charge is 2.09. The molecule has 0 atom stereocenters. The van der Waals surface area contributed by atoms with Crippen LogP contribution in [-0.4, -0.2) is 18.6 Å². The van der Waals surface area contributed by atoms with Crippen LogP contribution < -0.4 is 10.5 Å². The Hall–Kier alpha value is -1.42. The van der Waals surface area contributed by atoms with Crippen molar-refractivity contribution in [2.24, 2.45) is 0 Å². The molecule has 0 aromatic carbocycles. The van der Waals surface area contributed by atoms with Crippen LogP contribution in [0.2, 0.25) is 5.15 Å². The van der Waals surface area contributed by atoms with Crippen molar-refractivity contribution in [2.45, 2.75) is 6.92 Å². The van der Waals surface area contributed by atoms with Gasteiger partial charge in [-0.15, -0.1) is 0 Å². The highest BCUT2D eigenvalue weighted by atomic mass is 35.5. The van der Waals surface area contributed by atoms with Crippen LogP contribution >= 0.6 is 11.6 Å². The maximum atomic E-state index is 7.03. The summed E-state index contributed by atoms with van der Waals surface area (Å²) in [5, 5.41) is -0.0998. The summed E-state index contributed by atoms with van der Waals surface area (Å²) in [4.78, 5) is 3.81. The SMILES string of the molecule is [2H]C([2H])([2H])Oc1c(Cl)ncc(/C=C/OCC)c1N. The van der Waals surface area contributed by atoms with Gasteiger partial charge in [-0.05, 0) is 13.0 Å². The second kappa shape index (κ2) is 5.46. The summed E-state index contributed by atoms with van der Waals surface area (Å²) in [6, 6.07) is 0. The van der Waals surface area contributed by atoms with E-state index >= 15 is 0 Å². The summed E-state index contributed by atoms with van der Waals surface area (Å²) in [5.74, 6) is -0.157. The fourth-order valence-corrected chi connectivity index (χ4v) is 1.13. The summed E-state index contributed by atoms with van der Waals surface area (Å²) >= 11 is 5.75. The molecule has 0 aliphatic rings. The molecule has 82 valence electrons. The monoisotopic (exact) mass is 231 g/mol. The molecule has 5 heteroatoms. The molecule has 2 N–H and O–H groups in total.